The van der Waals surface area contributed by atoms with E-state index in [9.17, 15) is 9.59 Å². The van der Waals surface area contributed by atoms with Gasteiger partial charge in [0.15, 0.2) is 24.1 Å². The molecule has 10 heavy (non-hydrogen) atoms. The summed E-state index contributed by atoms with van der Waals surface area (Å²) >= 11 is 0. The molecule has 1 heterocycles. The van der Waals surface area contributed by atoms with E-state index < -0.39 is 0 Å². The van der Waals surface area contributed by atoms with Gasteiger partial charge in [0.25, 0.3) is 0 Å². The molecule has 0 fully saturated rings. The molecule has 4 heteroatoms. The summed E-state index contributed by atoms with van der Waals surface area (Å²) in [6.07, 6.45) is 1.10. The molecule has 0 bridgehead atoms. The standard InChI is InChI=1S/C6H4O3.Ag/c7-3-5-1-2-6(4-8)9-5;/h1-4H;. The van der Waals surface area contributed by atoms with Gasteiger partial charge in [0, 0.05) is 22.4 Å². The van der Waals surface area contributed by atoms with Crippen LogP contribution in [0.25, 0.3) is 0 Å². The molecular weight excluding hydrogens is 228 g/mol. The average Bonchev–Trinajstić information content (AvgIpc) is 2.34. The van der Waals surface area contributed by atoms with Gasteiger partial charge in [-0.25, -0.2) is 0 Å². The fraction of sp³-hybridized carbons (Fsp3) is 0. The van der Waals surface area contributed by atoms with Crippen LogP contribution in [0.5, 0.6) is 0 Å². The van der Waals surface area contributed by atoms with Gasteiger partial charge in [-0.2, -0.15) is 0 Å². The zero-order valence-electron chi connectivity index (χ0n) is 4.84. The molecule has 0 aliphatic carbocycles. The maximum atomic E-state index is 9.93. The van der Waals surface area contributed by atoms with Gasteiger partial charge >= 0.3 is 0 Å². The molecule has 1 aromatic rings. The smallest absolute Gasteiger partial charge is 0.185 e. The molecule has 0 N–H and O–H groups in total. The first-order chi connectivity index (χ1) is 4.36. The van der Waals surface area contributed by atoms with E-state index in [0.29, 0.717) is 12.6 Å². The second kappa shape index (κ2) is 4.22. The van der Waals surface area contributed by atoms with Gasteiger partial charge in [0.05, 0.1) is 0 Å². The molecule has 0 unspecified atom stereocenters. The van der Waals surface area contributed by atoms with E-state index in [1.54, 1.807) is 0 Å². The quantitative estimate of drug-likeness (QED) is 0.562. The number of carbonyl (C=O) groups excluding carboxylic acids is 2. The van der Waals surface area contributed by atoms with Crippen molar-refractivity contribution in [3.05, 3.63) is 23.7 Å². The van der Waals surface area contributed by atoms with Crippen molar-refractivity contribution in [3.63, 3.8) is 0 Å². The fourth-order valence-electron chi connectivity index (χ4n) is 0.495. The van der Waals surface area contributed by atoms with E-state index in [2.05, 4.69) is 4.42 Å². The molecule has 0 aliphatic heterocycles. The summed E-state index contributed by atoms with van der Waals surface area (Å²) in [5.74, 6) is 0.356. The summed E-state index contributed by atoms with van der Waals surface area (Å²) in [7, 11) is 0. The van der Waals surface area contributed by atoms with Crippen LogP contribution in [0.1, 0.15) is 21.1 Å². The Morgan fingerprint density at radius 1 is 1.10 bits per heavy atom. The van der Waals surface area contributed by atoms with Gasteiger partial charge in [0.2, 0.25) is 0 Å². The summed E-state index contributed by atoms with van der Waals surface area (Å²) in [5, 5.41) is 0. The molecule has 0 aliphatic rings. The predicted octanol–water partition coefficient (Wildman–Crippen LogP) is 0.902. The average molecular weight is 232 g/mol. The second-order valence-corrected chi connectivity index (χ2v) is 1.48. The van der Waals surface area contributed by atoms with Crippen LogP contribution in [-0.2, 0) is 22.4 Å². The third kappa shape index (κ3) is 1.95. The van der Waals surface area contributed by atoms with Crippen LogP contribution in [0.4, 0.5) is 0 Å². The van der Waals surface area contributed by atoms with E-state index in [0.717, 1.165) is 0 Å². The van der Waals surface area contributed by atoms with Crippen LogP contribution >= 0.6 is 0 Å². The Balaban J connectivity index is 0.000000810. The van der Waals surface area contributed by atoms with Crippen molar-refractivity contribution < 1.29 is 36.4 Å². The zero-order chi connectivity index (χ0) is 6.69. The number of aldehydes is 2. The minimum absolute atomic E-state index is 0. The number of hydrogen-bond acceptors (Lipinski definition) is 3. The van der Waals surface area contributed by atoms with E-state index >= 15 is 0 Å². The third-order valence-corrected chi connectivity index (χ3v) is 0.880. The molecule has 0 spiro atoms. The zero-order valence-corrected chi connectivity index (χ0v) is 6.32. The Labute approximate surface area is 72.9 Å². The van der Waals surface area contributed by atoms with Gasteiger partial charge in [0.1, 0.15) is 0 Å². The SMILES string of the molecule is O=Cc1ccc(C=O)o1.[Ag]. The third-order valence-electron chi connectivity index (χ3n) is 0.880. The number of hydrogen-bond donors (Lipinski definition) is 0. The molecule has 3 nitrogen and oxygen atoms in total. The van der Waals surface area contributed by atoms with Crippen LogP contribution in [0.3, 0.4) is 0 Å². The fourth-order valence-corrected chi connectivity index (χ4v) is 0.495. The number of carbonyl (C=O) groups is 2. The Hall–Kier alpha value is -0.640. The Morgan fingerprint density at radius 2 is 1.50 bits per heavy atom. The largest absolute Gasteiger partial charge is 0.450 e. The minimum Gasteiger partial charge on any atom is -0.450 e. The molecule has 0 atom stereocenters. The summed E-state index contributed by atoms with van der Waals surface area (Å²) in [5.41, 5.74) is 0. The first-order valence-corrected chi connectivity index (χ1v) is 2.37. The van der Waals surface area contributed by atoms with Crippen molar-refractivity contribution in [2.45, 2.75) is 0 Å². The van der Waals surface area contributed by atoms with Crippen molar-refractivity contribution in [1.29, 1.82) is 0 Å². The Kier molecular flexibility index (Phi) is 3.95. The normalized spacial score (nSPS) is 8.00. The van der Waals surface area contributed by atoms with Crippen molar-refractivity contribution in [1.82, 2.24) is 0 Å². The topological polar surface area (TPSA) is 47.3 Å². The first kappa shape index (κ1) is 9.36. The molecule has 1 rings (SSSR count). The first-order valence-electron chi connectivity index (χ1n) is 2.37. The Bertz CT molecular complexity index is 206. The summed E-state index contributed by atoms with van der Waals surface area (Å²) in [6, 6.07) is 2.88. The van der Waals surface area contributed by atoms with Gasteiger partial charge in [-0.3, -0.25) is 9.59 Å². The number of furan rings is 1. The monoisotopic (exact) mass is 231 g/mol. The summed E-state index contributed by atoms with van der Waals surface area (Å²) in [4.78, 5) is 19.9. The minimum atomic E-state index is 0. The maximum Gasteiger partial charge on any atom is 0.185 e. The van der Waals surface area contributed by atoms with Crippen LogP contribution < -0.4 is 0 Å². The van der Waals surface area contributed by atoms with Crippen LogP contribution in [0, 0.1) is 0 Å². The van der Waals surface area contributed by atoms with E-state index in [1.807, 2.05) is 0 Å². The number of rotatable bonds is 2. The van der Waals surface area contributed by atoms with Gasteiger partial charge in [-0.15, -0.1) is 0 Å². The molecule has 57 valence electrons. The van der Waals surface area contributed by atoms with Crippen molar-refractivity contribution in [2.24, 2.45) is 0 Å². The van der Waals surface area contributed by atoms with Crippen LogP contribution in [0.2, 0.25) is 0 Å². The molecule has 0 saturated heterocycles. The van der Waals surface area contributed by atoms with Gasteiger partial charge < -0.3 is 4.42 Å². The van der Waals surface area contributed by atoms with Crippen molar-refractivity contribution in [3.8, 4) is 0 Å². The molecular formula is C6H4AgO3. The van der Waals surface area contributed by atoms with Gasteiger partial charge in [-0.1, -0.05) is 0 Å². The van der Waals surface area contributed by atoms with E-state index in [-0.39, 0.29) is 33.9 Å². The Morgan fingerprint density at radius 3 is 1.70 bits per heavy atom. The van der Waals surface area contributed by atoms with Crippen molar-refractivity contribution >= 4 is 12.6 Å². The molecule has 0 amide bonds. The van der Waals surface area contributed by atoms with E-state index in [1.165, 1.54) is 12.1 Å². The van der Waals surface area contributed by atoms with Crippen LogP contribution in [-0.4, -0.2) is 12.6 Å². The predicted molar refractivity (Wildman–Crippen MR) is 29.5 cm³/mol. The van der Waals surface area contributed by atoms with Crippen LogP contribution in [0.15, 0.2) is 16.5 Å². The molecule has 0 aromatic carbocycles. The summed E-state index contributed by atoms with van der Waals surface area (Å²) < 4.78 is 4.65. The van der Waals surface area contributed by atoms with Crippen molar-refractivity contribution in [2.75, 3.05) is 0 Å². The molecule has 0 saturated carbocycles. The summed E-state index contributed by atoms with van der Waals surface area (Å²) in [6.45, 7) is 0. The van der Waals surface area contributed by atoms with Gasteiger partial charge in [-0.05, 0) is 12.1 Å². The second-order valence-electron chi connectivity index (χ2n) is 1.48. The molecule has 1 radical (unpaired) electrons. The maximum absolute atomic E-state index is 9.93. The van der Waals surface area contributed by atoms with E-state index in [4.69, 9.17) is 0 Å². The molecule has 1 aromatic heterocycles.